The Hall–Kier alpha value is -3.03. The first-order valence-electron chi connectivity index (χ1n) is 5.22. The molecular weight excluding hydrogens is 252 g/mol. The normalized spacial score (nSPS) is 9.89. The molecule has 1 heterocycles. The van der Waals surface area contributed by atoms with Crippen LogP contribution in [-0.2, 0) is 0 Å². The SMILES string of the molecule is Nc1ccc(C(=O)NNc2ccc([N+](=O)[O-])o2)cc1. The molecule has 8 heteroatoms. The van der Waals surface area contributed by atoms with Gasteiger partial charge in [-0.3, -0.25) is 25.8 Å². The molecule has 0 atom stereocenters. The Morgan fingerprint density at radius 2 is 1.89 bits per heavy atom. The Bertz CT molecular complexity index is 605. The van der Waals surface area contributed by atoms with Gasteiger partial charge in [0, 0.05) is 17.3 Å². The number of amides is 1. The number of carbonyl (C=O) groups excluding carboxylic acids is 1. The summed E-state index contributed by atoms with van der Waals surface area (Å²) in [5.41, 5.74) is 11.2. The van der Waals surface area contributed by atoms with E-state index in [1.54, 1.807) is 24.3 Å². The van der Waals surface area contributed by atoms with Crippen LogP contribution in [0.2, 0.25) is 0 Å². The molecule has 4 N–H and O–H groups in total. The molecule has 0 aliphatic carbocycles. The number of anilines is 2. The van der Waals surface area contributed by atoms with E-state index < -0.39 is 16.7 Å². The first kappa shape index (κ1) is 12.4. The van der Waals surface area contributed by atoms with Gasteiger partial charge in [-0.25, -0.2) is 0 Å². The van der Waals surface area contributed by atoms with Crippen molar-refractivity contribution in [3.8, 4) is 0 Å². The zero-order valence-corrected chi connectivity index (χ0v) is 9.62. The molecule has 8 nitrogen and oxygen atoms in total. The standard InChI is InChI=1S/C11H10N4O4/c12-8-3-1-7(2-4-8)11(16)14-13-9-5-6-10(19-9)15(17)18/h1-6,13H,12H2,(H,14,16). The lowest BCUT2D eigenvalue weighted by Crippen LogP contribution is -2.29. The molecular formula is C11H10N4O4. The second-order valence-electron chi connectivity index (χ2n) is 3.60. The summed E-state index contributed by atoms with van der Waals surface area (Å²) >= 11 is 0. The maximum Gasteiger partial charge on any atom is 0.434 e. The van der Waals surface area contributed by atoms with E-state index in [0.29, 0.717) is 11.3 Å². The average molecular weight is 262 g/mol. The van der Waals surface area contributed by atoms with Crippen molar-refractivity contribution in [1.29, 1.82) is 0 Å². The van der Waals surface area contributed by atoms with Crippen LogP contribution in [0.1, 0.15) is 10.4 Å². The molecule has 0 aliphatic heterocycles. The lowest BCUT2D eigenvalue weighted by atomic mass is 10.2. The Balaban J connectivity index is 1.96. The zero-order chi connectivity index (χ0) is 13.8. The number of nitrogens with zero attached hydrogens (tertiary/aromatic N) is 1. The van der Waals surface area contributed by atoms with Crippen molar-refractivity contribution < 1.29 is 14.1 Å². The summed E-state index contributed by atoms with van der Waals surface area (Å²) in [4.78, 5) is 21.4. The molecule has 0 radical (unpaired) electrons. The number of hydrogen-bond donors (Lipinski definition) is 3. The van der Waals surface area contributed by atoms with Gasteiger partial charge in [0.25, 0.3) is 5.91 Å². The van der Waals surface area contributed by atoms with Gasteiger partial charge in [-0.2, -0.15) is 0 Å². The number of hydrogen-bond acceptors (Lipinski definition) is 6. The van der Waals surface area contributed by atoms with Gasteiger partial charge < -0.3 is 10.2 Å². The van der Waals surface area contributed by atoms with E-state index in [1.165, 1.54) is 12.1 Å². The molecule has 0 spiro atoms. The molecule has 19 heavy (non-hydrogen) atoms. The number of carbonyl (C=O) groups is 1. The van der Waals surface area contributed by atoms with Crippen molar-refractivity contribution >= 4 is 23.4 Å². The topological polar surface area (TPSA) is 123 Å². The van der Waals surface area contributed by atoms with E-state index in [9.17, 15) is 14.9 Å². The van der Waals surface area contributed by atoms with E-state index in [0.717, 1.165) is 0 Å². The van der Waals surface area contributed by atoms with Crippen LogP contribution >= 0.6 is 0 Å². The average Bonchev–Trinajstić information content (AvgIpc) is 2.86. The summed E-state index contributed by atoms with van der Waals surface area (Å²) < 4.78 is 4.81. The predicted octanol–water partition coefficient (Wildman–Crippen LogP) is 1.53. The summed E-state index contributed by atoms with van der Waals surface area (Å²) in [5.74, 6) is -0.765. The van der Waals surface area contributed by atoms with Gasteiger partial charge in [0.05, 0.1) is 6.07 Å². The molecule has 0 unspecified atom stereocenters. The number of nitrogens with two attached hydrogens (primary N) is 1. The molecule has 0 fully saturated rings. The van der Waals surface area contributed by atoms with Crippen molar-refractivity contribution in [2.75, 3.05) is 11.2 Å². The van der Waals surface area contributed by atoms with Crippen LogP contribution in [0.3, 0.4) is 0 Å². The monoisotopic (exact) mass is 262 g/mol. The number of nitrogen functional groups attached to an aromatic ring is 1. The molecule has 2 rings (SSSR count). The summed E-state index contributed by atoms with van der Waals surface area (Å²) in [6, 6.07) is 8.80. The highest BCUT2D eigenvalue weighted by atomic mass is 16.6. The second-order valence-corrected chi connectivity index (χ2v) is 3.60. The molecule has 0 aliphatic rings. The molecule has 0 bridgehead atoms. The van der Waals surface area contributed by atoms with Gasteiger partial charge in [-0.1, -0.05) is 0 Å². The van der Waals surface area contributed by atoms with Crippen LogP contribution in [0.5, 0.6) is 0 Å². The lowest BCUT2D eigenvalue weighted by Gasteiger charge is -2.05. The molecule has 0 saturated heterocycles. The van der Waals surface area contributed by atoms with Crippen LogP contribution in [0, 0.1) is 10.1 Å². The minimum atomic E-state index is -0.674. The van der Waals surface area contributed by atoms with Gasteiger partial charge in [-0.05, 0) is 24.3 Å². The smallest absolute Gasteiger partial charge is 0.399 e. The van der Waals surface area contributed by atoms with Crippen molar-refractivity contribution in [2.45, 2.75) is 0 Å². The number of hydrazine groups is 1. The summed E-state index contributed by atoms with van der Waals surface area (Å²) in [6.45, 7) is 0. The van der Waals surface area contributed by atoms with Crippen LogP contribution in [0.15, 0.2) is 40.8 Å². The van der Waals surface area contributed by atoms with Crippen LogP contribution in [-0.4, -0.2) is 10.8 Å². The minimum absolute atomic E-state index is 0.0653. The summed E-state index contributed by atoms with van der Waals surface area (Å²) in [7, 11) is 0. The Morgan fingerprint density at radius 3 is 2.47 bits per heavy atom. The zero-order valence-electron chi connectivity index (χ0n) is 9.62. The number of benzene rings is 1. The molecule has 0 saturated carbocycles. The van der Waals surface area contributed by atoms with E-state index in [2.05, 4.69) is 10.9 Å². The Kier molecular flexibility index (Phi) is 3.33. The first-order chi connectivity index (χ1) is 9.06. The van der Waals surface area contributed by atoms with Crippen LogP contribution in [0.4, 0.5) is 17.5 Å². The number of rotatable bonds is 4. The van der Waals surface area contributed by atoms with Crippen molar-refractivity contribution in [3.63, 3.8) is 0 Å². The first-order valence-corrected chi connectivity index (χ1v) is 5.22. The molecule has 98 valence electrons. The fourth-order valence-corrected chi connectivity index (χ4v) is 1.32. The van der Waals surface area contributed by atoms with Crippen LogP contribution in [0.25, 0.3) is 0 Å². The minimum Gasteiger partial charge on any atom is -0.399 e. The van der Waals surface area contributed by atoms with E-state index in [1.807, 2.05) is 0 Å². The molecule has 2 aromatic rings. The van der Waals surface area contributed by atoms with Gasteiger partial charge in [0.2, 0.25) is 5.88 Å². The van der Waals surface area contributed by atoms with E-state index in [4.69, 9.17) is 10.2 Å². The predicted molar refractivity (Wildman–Crippen MR) is 67.3 cm³/mol. The van der Waals surface area contributed by atoms with Crippen molar-refractivity contribution in [3.05, 3.63) is 52.1 Å². The van der Waals surface area contributed by atoms with Gasteiger partial charge in [-0.15, -0.1) is 0 Å². The van der Waals surface area contributed by atoms with Crippen LogP contribution < -0.4 is 16.6 Å². The third-order valence-electron chi connectivity index (χ3n) is 2.24. The number of furan rings is 1. The Labute approximate surface area is 107 Å². The highest BCUT2D eigenvalue weighted by Crippen LogP contribution is 2.18. The van der Waals surface area contributed by atoms with Crippen molar-refractivity contribution in [2.24, 2.45) is 0 Å². The Morgan fingerprint density at radius 1 is 1.21 bits per heavy atom. The molecule has 1 aromatic carbocycles. The highest BCUT2D eigenvalue weighted by molar-refractivity contribution is 5.95. The number of nitrogens with one attached hydrogen (secondary N) is 2. The number of nitro groups is 1. The quantitative estimate of drug-likeness (QED) is 0.436. The van der Waals surface area contributed by atoms with Gasteiger partial charge >= 0.3 is 5.88 Å². The molecule has 1 amide bonds. The largest absolute Gasteiger partial charge is 0.434 e. The fraction of sp³-hybridized carbons (Fsp3) is 0. The van der Waals surface area contributed by atoms with E-state index in [-0.39, 0.29) is 5.88 Å². The maximum absolute atomic E-state index is 11.7. The third kappa shape index (κ3) is 3.00. The fourth-order valence-electron chi connectivity index (χ4n) is 1.32. The van der Waals surface area contributed by atoms with Gasteiger partial charge in [0.15, 0.2) is 0 Å². The highest BCUT2D eigenvalue weighted by Gasteiger charge is 2.12. The lowest BCUT2D eigenvalue weighted by molar-refractivity contribution is -0.401. The molecule has 1 aromatic heterocycles. The summed E-state index contributed by atoms with van der Waals surface area (Å²) in [6.07, 6.45) is 0. The second kappa shape index (κ2) is 5.08. The van der Waals surface area contributed by atoms with E-state index >= 15 is 0 Å². The maximum atomic E-state index is 11.7. The van der Waals surface area contributed by atoms with Crippen molar-refractivity contribution in [1.82, 2.24) is 5.43 Å². The summed E-state index contributed by atoms with van der Waals surface area (Å²) in [5, 5.41) is 10.4. The third-order valence-corrected chi connectivity index (χ3v) is 2.24. The van der Waals surface area contributed by atoms with Gasteiger partial charge in [0.1, 0.15) is 4.92 Å².